The Morgan fingerprint density at radius 3 is 2.48 bits per heavy atom. The second kappa shape index (κ2) is 6.93. The highest BCUT2D eigenvalue weighted by atomic mass is 35.5. The van der Waals surface area contributed by atoms with Gasteiger partial charge in [0.05, 0.1) is 11.0 Å². The van der Waals surface area contributed by atoms with Crippen LogP contribution in [0.5, 0.6) is 5.75 Å². The van der Waals surface area contributed by atoms with Crippen LogP contribution in [0.25, 0.3) is 11.0 Å². The molecule has 0 aliphatic rings. The normalized spacial score (nSPS) is 11.9. The molecule has 0 bridgehead atoms. The lowest BCUT2D eigenvalue weighted by Gasteiger charge is -2.11. The molecule has 0 saturated heterocycles. The molecule has 0 unspecified atom stereocenters. The fourth-order valence-corrected chi connectivity index (χ4v) is 2.71. The average molecular weight is 371 g/mol. The minimum absolute atomic E-state index is 0.258. The molecule has 0 atom stereocenters. The minimum Gasteiger partial charge on any atom is -0.406 e. The van der Waals surface area contributed by atoms with Gasteiger partial charge >= 0.3 is 6.36 Å². The first-order valence-electron chi connectivity index (χ1n) is 7.34. The van der Waals surface area contributed by atoms with Crippen molar-refractivity contribution < 1.29 is 22.6 Å². The van der Waals surface area contributed by atoms with E-state index in [4.69, 9.17) is 16.3 Å². The Morgan fingerprint density at radius 1 is 1.12 bits per heavy atom. The van der Waals surface area contributed by atoms with Crippen LogP contribution in [0.15, 0.2) is 42.5 Å². The summed E-state index contributed by atoms with van der Waals surface area (Å²) in [6.45, 7) is 0.726. The first-order valence-corrected chi connectivity index (χ1v) is 7.72. The van der Waals surface area contributed by atoms with Crippen LogP contribution in [0.1, 0.15) is 11.4 Å². The molecule has 2 aromatic carbocycles. The minimum atomic E-state index is -4.70. The van der Waals surface area contributed by atoms with Crippen molar-refractivity contribution in [2.24, 2.45) is 0 Å². The standard InChI is InChI=1S/C17H14ClF3N2O2/c1-24-10-16-22-14-7-4-12(18)8-15(14)23(16)9-11-2-5-13(6-3-11)25-17(19,20)21/h2-8H,9-10H2,1H3. The molecule has 4 nitrogen and oxygen atoms in total. The number of methoxy groups -OCH3 is 1. The maximum atomic E-state index is 12.2. The Labute approximate surface area is 146 Å². The highest BCUT2D eigenvalue weighted by Crippen LogP contribution is 2.25. The van der Waals surface area contributed by atoms with E-state index in [-0.39, 0.29) is 5.75 Å². The van der Waals surface area contributed by atoms with Crippen LogP contribution in [0.2, 0.25) is 5.02 Å². The zero-order chi connectivity index (χ0) is 18.0. The molecule has 0 N–H and O–H groups in total. The number of imidazole rings is 1. The molecule has 0 aliphatic heterocycles. The third-order valence-corrected chi connectivity index (χ3v) is 3.80. The molecule has 0 aliphatic carbocycles. The van der Waals surface area contributed by atoms with E-state index in [0.29, 0.717) is 24.0 Å². The summed E-state index contributed by atoms with van der Waals surface area (Å²) in [5.41, 5.74) is 2.40. The van der Waals surface area contributed by atoms with Gasteiger partial charge in [0, 0.05) is 18.7 Å². The lowest BCUT2D eigenvalue weighted by Crippen LogP contribution is -2.17. The average Bonchev–Trinajstić information content (AvgIpc) is 2.85. The maximum Gasteiger partial charge on any atom is 0.573 e. The molecule has 3 aromatic rings. The fraction of sp³-hybridized carbons (Fsp3) is 0.235. The molecule has 132 valence electrons. The molecule has 8 heteroatoms. The first-order chi connectivity index (χ1) is 11.9. The Hall–Kier alpha value is -2.25. The van der Waals surface area contributed by atoms with E-state index in [1.54, 1.807) is 31.4 Å². The van der Waals surface area contributed by atoms with Crippen LogP contribution in [0.3, 0.4) is 0 Å². The number of hydrogen-bond donors (Lipinski definition) is 0. The number of halogens is 4. The molecule has 0 saturated carbocycles. The highest BCUT2D eigenvalue weighted by molar-refractivity contribution is 6.31. The summed E-state index contributed by atoms with van der Waals surface area (Å²) in [7, 11) is 1.57. The lowest BCUT2D eigenvalue weighted by atomic mass is 10.2. The van der Waals surface area contributed by atoms with Crippen LogP contribution >= 0.6 is 11.6 Å². The van der Waals surface area contributed by atoms with Gasteiger partial charge in [0.25, 0.3) is 0 Å². The zero-order valence-corrected chi connectivity index (χ0v) is 13.9. The number of hydrogen-bond acceptors (Lipinski definition) is 3. The van der Waals surface area contributed by atoms with E-state index in [2.05, 4.69) is 9.72 Å². The van der Waals surface area contributed by atoms with Gasteiger partial charge in [-0.05, 0) is 35.9 Å². The Morgan fingerprint density at radius 2 is 1.84 bits per heavy atom. The van der Waals surface area contributed by atoms with E-state index < -0.39 is 6.36 Å². The molecule has 0 radical (unpaired) electrons. The molecule has 25 heavy (non-hydrogen) atoms. The Kier molecular flexibility index (Phi) is 4.87. The van der Waals surface area contributed by atoms with Gasteiger partial charge in [-0.15, -0.1) is 13.2 Å². The first kappa shape index (κ1) is 17.6. The third-order valence-electron chi connectivity index (χ3n) is 3.56. The van der Waals surface area contributed by atoms with Gasteiger partial charge in [0.1, 0.15) is 18.2 Å². The van der Waals surface area contributed by atoms with E-state index in [1.165, 1.54) is 12.1 Å². The summed E-state index contributed by atoms with van der Waals surface area (Å²) in [5.74, 6) is 0.447. The summed E-state index contributed by atoms with van der Waals surface area (Å²) in [6.07, 6.45) is -4.70. The Bertz CT molecular complexity index is 876. The predicted octanol–water partition coefficient (Wildman–Crippen LogP) is 4.78. The number of benzene rings is 2. The number of fused-ring (bicyclic) bond motifs is 1. The van der Waals surface area contributed by atoms with Gasteiger partial charge in [0.2, 0.25) is 0 Å². The maximum absolute atomic E-state index is 12.2. The fourth-order valence-electron chi connectivity index (χ4n) is 2.54. The van der Waals surface area contributed by atoms with Crippen LogP contribution < -0.4 is 4.74 Å². The number of ether oxygens (including phenoxy) is 2. The lowest BCUT2D eigenvalue weighted by molar-refractivity contribution is -0.274. The van der Waals surface area contributed by atoms with Crippen LogP contribution in [0, 0.1) is 0 Å². The van der Waals surface area contributed by atoms with Crippen molar-refractivity contribution in [1.82, 2.24) is 9.55 Å². The van der Waals surface area contributed by atoms with E-state index in [0.717, 1.165) is 16.6 Å². The molecule has 1 heterocycles. The van der Waals surface area contributed by atoms with Gasteiger partial charge in [-0.2, -0.15) is 0 Å². The smallest absolute Gasteiger partial charge is 0.406 e. The molecule has 3 rings (SSSR count). The summed E-state index contributed by atoms with van der Waals surface area (Å²) in [4.78, 5) is 4.51. The van der Waals surface area contributed by atoms with Crippen molar-refractivity contribution in [3.8, 4) is 5.75 Å². The molecular weight excluding hydrogens is 357 g/mol. The molecule has 0 amide bonds. The van der Waals surface area contributed by atoms with E-state index >= 15 is 0 Å². The quantitative estimate of drug-likeness (QED) is 0.648. The third kappa shape index (κ3) is 4.24. The van der Waals surface area contributed by atoms with Crippen LogP contribution in [-0.2, 0) is 17.9 Å². The Balaban J connectivity index is 1.91. The second-order valence-corrected chi connectivity index (χ2v) is 5.81. The van der Waals surface area contributed by atoms with Gasteiger partial charge in [0.15, 0.2) is 0 Å². The molecule has 0 spiro atoms. The second-order valence-electron chi connectivity index (χ2n) is 5.37. The van der Waals surface area contributed by atoms with Crippen molar-refractivity contribution in [2.45, 2.75) is 19.5 Å². The SMILES string of the molecule is COCc1nc2ccc(Cl)cc2n1Cc1ccc(OC(F)(F)F)cc1. The van der Waals surface area contributed by atoms with Crippen molar-refractivity contribution in [1.29, 1.82) is 0 Å². The van der Waals surface area contributed by atoms with Crippen LogP contribution in [-0.4, -0.2) is 23.0 Å². The van der Waals surface area contributed by atoms with Crippen LogP contribution in [0.4, 0.5) is 13.2 Å². The van der Waals surface area contributed by atoms with Crippen molar-refractivity contribution in [3.63, 3.8) is 0 Å². The van der Waals surface area contributed by atoms with Crippen molar-refractivity contribution >= 4 is 22.6 Å². The summed E-state index contributed by atoms with van der Waals surface area (Å²) in [6, 6.07) is 11.1. The van der Waals surface area contributed by atoms with E-state index in [1.807, 2.05) is 10.6 Å². The number of nitrogens with zero attached hydrogens (tertiary/aromatic N) is 2. The molecular formula is C17H14ClF3N2O2. The van der Waals surface area contributed by atoms with Gasteiger partial charge in [-0.1, -0.05) is 23.7 Å². The summed E-state index contributed by atoms with van der Waals surface area (Å²) >= 11 is 6.07. The largest absolute Gasteiger partial charge is 0.573 e. The van der Waals surface area contributed by atoms with Crippen molar-refractivity contribution in [2.75, 3.05) is 7.11 Å². The van der Waals surface area contributed by atoms with Gasteiger partial charge < -0.3 is 14.0 Å². The number of aromatic nitrogens is 2. The summed E-state index contributed by atoms with van der Waals surface area (Å²) < 4.78 is 47.7. The summed E-state index contributed by atoms with van der Waals surface area (Å²) in [5, 5.41) is 0.576. The number of alkyl halides is 3. The zero-order valence-electron chi connectivity index (χ0n) is 13.2. The topological polar surface area (TPSA) is 36.3 Å². The monoisotopic (exact) mass is 370 g/mol. The van der Waals surface area contributed by atoms with Gasteiger partial charge in [-0.3, -0.25) is 0 Å². The van der Waals surface area contributed by atoms with Gasteiger partial charge in [-0.25, -0.2) is 4.98 Å². The molecule has 1 aromatic heterocycles. The highest BCUT2D eigenvalue weighted by Gasteiger charge is 2.30. The number of rotatable bonds is 5. The molecule has 0 fully saturated rings. The van der Waals surface area contributed by atoms with Crippen molar-refractivity contribution in [3.05, 3.63) is 58.9 Å². The van der Waals surface area contributed by atoms with E-state index in [9.17, 15) is 13.2 Å². The predicted molar refractivity (Wildman–Crippen MR) is 87.7 cm³/mol.